The van der Waals surface area contributed by atoms with Gasteiger partial charge in [0.15, 0.2) is 0 Å². The summed E-state index contributed by atoms with van der Waals surface area (Å²) in [5.74, 6) is 6.38. The predicted molar refractivity (Wildman–Crippen MR) is 39.7 cm³/mol. The van der Waals surface area contributed by atoms with E-state index in [4.69, 9.17) is 4.74 Å². The fourth-order valence-electron chi connectivity index (χ4n) is 0.590. The van der Waals surface area contributed by atoms with Crippen LogP contribution >= 0.6 is 0 Å². The number of H-pyrrole nitrogens is 1. The summed E-state index contributed by atoms with van der Waals surface area (Å²) in [5.41, 5.74) is 0. The summed E-state index contributed by atoms with van der Waals surface area (Å²) in [5, 5.41) is 0. The van der Waals surface area contributed by atoms with Crippen LogP contribution in [0.15, 0.2) is 18.5 Å². The number of hydrogen-bond donors (Lipinski definition) is 1. The Labute approximate surface area is 60.2 Å². The summed E-state index contributed by atoms with van der Waals surface area (Å²) in [6.07, 6.45) is 3.60. The van der Waals surface area contributed by atoms with Gasteiger partial charge in [0.25, 0.3) is 0 Å². The van der Waals surface area contributed by atoms with E-state index in [0.29, 0.717) is 6.61 Å². The third kappa shape index (κ3) is 1.87. The van der Waals surface area contributed by atoms with Gasteiger partial charge in [0.1, 0.15) is 12.4 Å². The van der Waals surface area contributed by atoms with Crippen LogP contribution in [0.5, 0.6) is 5.75 Å². The predicted octanol–water partition coefficient (Wildman–Crippen LogP) is 1.42. The van der Waals surface area contributed by atoms with Crippen molar-refractivity contribution >= 4 is 0 Å². The average molecular weight is 135 g/mol. The Morgan fingerprint density at radius 1 is 1.70 bits per heavy atom. The van der Waals surface area contributed by atoms with Crippen LogP contribution in [0.1, 0.15) is 6.92 Å². The third-order valence-corrected chi connectivity index (χ3v) is 1.06. The minimum atomic E-state index is 0.467. The fourth-order valence-corrected chi connectivity index (χ4v) is 0.590. The van der Waals surface area contributed by atoms with Gasteiger partial charge < -0.3 is 9.72 Å². The minimum Gasteiger partial charge on any atom is -0.479 e. The molecular formula is C8H9NO. The molecule has 0 saturated heterocycles. The Balaban J connectivity index is 2.32. The van der Waals surface area contributed by atoms with Crippen molar-refractivity contribution in [1.29, 1.82) is 0 Å². The van der Waals surface area contributed by atoms with Crippen LogP contribution in [0.25, 0.3) is 0 Å². The summed E-state index contributed by atoms with van der Waals surface area (Å²) in [6, 6.07) is 1.86. The van der Waals surface area contributed by atoms with Crippen molar-refractivity contribution < 1.29 is 4.74 Å². The molecule has 0 saturated carbocycles. The maximum Gasteiger partial charge on any atom is 0.149 e. The first-order valence-corrected chi connectivity index (χ1v) is 3.08. The fraction of sp³-hybridized carbons (Fsp3) is 0.250. The maximum atomic E-state index is 5.18. The number of rotatable bonds is 2. The van der Waals surface area contributed by atoms with Crippen LogP contribution in [0.2, 0.25) is 0 Å². The number of aromatic nitrogens is 1. The van der Waals surface area contributed by atoms with Gasteiger partial charge in [-0.15, -0.1) is 5.92 Å². The Bertz CT molecular complexity index is 228. The second-order valence-electron chi connectivity index (χ2n) is 1.76. The minimum absolute atomic E-state index is 0.467. The van der Waals surface area contributed by atoms with E-state index < -0.39 is 0 Å². The molecule has 1 aromatic rings. The van der Waals surface area contributed by atoms with E-state index in [1.165, 1.54) is 0 Å². The molecule has 1 heterocycles. The van der Waals surface area contributed by atoms with E-state index in [1.54, 1.807) is 13.1 Å². The molecule has 2 nitrogen and oxygen atoms in total. The lowest BCUT2D eigenvalue weighted by Gasteiger charge is -1.94. The standard InChI is InChI=1S/C8H9NO/c1-2-3-6-10-8-4-5-9-7-8/h4-5,7,9H,6H2,1H3. The molecule has 1 rings (SSSR count). The second kappa shape index (κ2) is 3.62. The highest BCUT2D eigenvalue weighted by atomic mass is 16.5. The first-order chi connectivity index (χ1) is 4.93. The SMILES string of the molecule is CC#CCOc1cc[nH]c1. The van der Waals surface area contributed by atoms with Crippen LogP contribution in [-0.4, -0.2) is 11.6 Å². The maximum absolute atomic E-state index is 5.18. The molecule has 0 amide bonds. The van der Waals surface area contributed by atoms with Crippen molar-refractivity contribution in [2.75, 3.05) is 6.61 Å². The molecule has 0 atom stereocenters. The summed E-state index contributed by atoms with van der Waals surface area (Å²) >= 11 is 0. The Morgan fingerprint density at radius 3 is 3.20 bits per heavy atom. The van der Waals surface area contributed by atoms with Gasteiger partial charge in [-0.1, -0.05) is 5.92 Å². The first-order valence-electron chi connectivity index (χ1n) is 3.08. The van der Waals surface area contributed by atoms with Gasteiger partial charge in [0, 0.05) is 12.4 Å². The van der Waals surface area contributed by atoms with Gasteiger partial charge >= 0.3 is 0 Å². The lowest BCUT2D eigenvalue weighted by atomic mass is 10.6. The zero-order chi connectivity index (χ0) is 7.23. The Kier molecular flexibility index (Phi) is 2.45. The van der Waals surface area contributed by atoms with E-state index in [1.807, 2.05) is 12.3 Å². The van der Waals surface area contributed by atoms with Crippen LogP contribution < -0.4 is 4.74 Å². The van der Waals surface area contributed by atoms with E-state index >= 15 is 0 Å². The molecule has 0 radical (unpaired) electrons. The van der Waals surface area contributed by atoms with Gasteiger partial charge in [-0.25, -0.2) is 0 Å². The largest absolute Gasteiger partial charge is 0.479 e. The third-order valence-electron chi connectivity index (χ3n) is 1.06. The first kappa shape index (κ1) is 6.76. The van der Waals surface area contributed by atoms with Crippen molar-refractivity contribution in [2.45, 2.75) is 6.92 Å². The van der Waals surface area contributed by atoms with Crippen LogP contribution in [0, 0.1) is 11.8 Å². The summed E-state index contributed by atoms with van der Waals surface area (Å²) < 4.78 is 5.18. The highest BCUT2D eigenvalue weighted by Gasteiger charge is 1.87. The quantitative estimate of drug-likeness (QED) is 0.609. The molecule has 0 bridgehead atoms. The average Bonchev–Trinajstić information content (AvgIpc) is 2.41. The molecule has 10 heavy (non-hydrogen) atoms. The van der Waals surface area contributed by atoms with Gasteiger partial charge in [0.05, 0.1) is 0 Å². The second-order valence-corrected chi connectivity index (χ2v) is 1.76. The number of nitrogens with one attached hydrogen (secondary N) is 1. The molecule has 2 heteroatoms. The normalized spacial score (nSPS) is 8.10. The summed E-state index contributed by atoms with van der Waals surface area (Å²) in [7, 11) is 0. The molecule has 0 unspecified atom stereocenters. The monoisotopic (exact) mass is 135 g/mol. The van der Waals surface area contributed by atoms with Gasteiger partial charge in [-0.2, -0.15) is 0 Å². The molecule has 1 aromatic heterocycles. The number of hydrogen-bond acceptors (Lipinski definition) is 1. The van der Waals surface area contributed by atoms with E-state index in [2.05, 4.69) is 16.8 Å². The topological polar surface area (TPSA) is 25.0 Å². The molecule has 0 aliphatic carbocycles. The molecule has 52 valence electrons. The molecule has 0 aromatic carbocycles. The number of aromatic amines is 1. The van der Waals surface area contributed by atoms with Crippen molar-refractivity contribution in [3.05, 3.63) is 18.5 Å². The smallest absolute Gasteiger partial charge is 0.149 e. The van der Waals surface area contributed by atoms with Gasteiger partial charge in [-0.3, -0.25) is 0 Å². The molecule has 0 spiro atoms. The van der Waals surface area contributed by atoms with Gasteiger partial charge in [-0.05, 0) is 13.0 Å². The van der Waals surface area contributed by atoms with Crippen molar-refractivity contribution in [1.82, 2.24) is 4.98 Å². The van der Waals surface area contributed by atoms with Crippen LogP contribution in [0.4, 0.5) is 0 Å². The zero-order valence-electron chi connectivity index (χ0n) is 5.85. The molecule has 0 aliphatic heterocycles. The van der Waals surface area contributed by atoms with Crippen LogP contribution in [-0.2, 0) is 0 Å². The molecule has 0 fully saturated rings. The van der Waals surface area contributed by atoms with Gasteiger partial charge in [0.2, 0.25) is 0 Å². The highest BCUT2D eigenvalue weighted by Crippen LogP contribution is 2.05. The van der Waals surface area contributed by atoms with E-state index in [0.717, 1.165) is 5.75 Å². The van der Waals surface area contributed by atoms with E-state index in [9.17, 15) is 0 Å². The van der Waals surface area contributed by atoms with Crippen molar-refractivity contribution in [3.63, 3.8) is 0 Å². The number of ether oxygens (including phenoxy) is 1. The molecular weight excluding hydrogens is 126 g/mol. The lowest BCUT2D eigenvalue weighted by Crippen LogP contribution is -1.91. The van der Waals surface area contributed by atoms with Crippen LogP contribution in [0.3, 0.4) is 0 Å². The molecule has 0 aliphatic rings. The van der Waals surface area contributed by atoms with Crippen molar-refractivity contribution in [2.24, 2.45) is 0 Å². The highest BCUT2D eigenvalue weighted by molar-refractivity contribution is 5.16. The Morgan fingerprint density at radius 2 is 2.60 bits per heavy atom. The Hall–Kier alpha value is -1.36. The van der Waals surface area contributed by atoms with E-state index in [-0.39, 0.29) is 0 Å². The summed E-state index contributed by atoms with van der Waals surface area (Å²) in [6.45, 7) is 2.26. The summed E-state index contributed by atoms with van der Waals surface area (Å²) in [4.78, 5) is 2.88. The molecule has 1 N–H and O–H groups in total. The lowest BCUT2D eigenvalue weighted by molar-refractivity contribution is 0.371. The zero-order valence-corrected chi connectivity index (χ0v) is 5.85. The van der Waals surface area contributed by atoms with Crippen molar-refractivity contribution in [3.8, 4) is 17.6 Å².